The molecule has 3 rings (SSSR count). The second-order valence-electron chi connectivity index (χ2n) is 7.41. The first kappa shape index (κ1) is 20.6. The van der Waals surface area contributed by atoms with Crippen LogP contribution in [0.5, 0.6) is 0 Å². The van der Waals surface area contributed by atoms with Crippen molar-refractivity contribution in [3.63, 3.8) is 0 Å². The van der Waals surface area contributed by atoms with E-state index in [0.29, 0.717) is 13.1 Å². The van der Waals surface area contributed by atoms with Gasteiger partial charge >= 0.3 is 0 Å². The van der Waals surface area contributed by atoms with E-state index >= 15 is 0 Å². The molecular weight excluding hydrogens is 372 g/mol. The Morgan fingerprint density at radius 2 is 1.64 bits per heavy atom. The van der Waals surface area contributed by atoms with Gasteiger partial charge in [-0.05, 0) is 30.4 Å². The molecule has 28 heavy (non-hydrogen) atoms. The van der Waals surface area contributed by atoms with E-state index in [4.69, 9.17) is 0 Å². The zero-order valence-electron chi connectivity index (χ0n) is 16.3. The average Bonchev–Trinajstić information content (AvgIpc) is 2.72. The number of sulfonamides is 1. The summed E-state index contributed by atoms with van der Waals surface area (Å²) in [6.45, 7) is 1.35. The van der Waals surface area contributed by atoms with Crippen molar-refractivity contribution < 1.29 is 13.2 Å². The van der Waals surface area contributed by atoms with Gasteiger partial charge in [0, 0.05) is 25.6 Å². The van der Waals surface area contributed by atoms with Gasteiger partial charge in [0.05, 0.1) is 12.2 Å². The lowest BCUT2D eigenvalue weighted by Crippen LogP contribution is -2.45. The molecule has 1 aliphatic heterocycles. The first-order chi connectivity index (χ1) is 13.4. The molecule has 1 heterocycles. The molecule has 2 aromatic carbocycles. The summed E-state index contributed by atoms with van der Waals surface area (Å²) in [5.74, 6) is -0.106. The molecule has 2 aromatic rings. The lowest BCUT2D eigenvalue weighted by molar-refractivity contribution is -0.126. The fraction of sp³-hybridized carbons (Fsp3) is 0.409. The zero-order chi connectivity index (χ0) is 20.0. The summed E-state index contributed by atoms with van der Waals surface area (Å²) in [5, 5.41) is 3.03. The smallest absolute Gasteiger partial charge is 0.224 e. The number of hydrogen-bond donors (Lipinski definition) is 1. The molecule has 150 valence electrons. The Balaban J connectivity index is 1.60. The van der Waals surface area contributed by atoms with Crippen molar-refractivity contribution in [1.82, 2.24) is 9.62 Å². The van der Waals surface area contributed by atoms with Gasteiger partial charge in [-0.25, -0.2) is 12.7 Å². The van der Waals surface area contributed by atoms with Crippen LogP contribution in [0.25, 0.3) is 0 Å². The third-order valence-corrected chi connectivity index (χ3v) is 6.63. The fourth-order valence-corrected chi connectivity index (χ4v) is 4.75. The normalized spacial score (nSPS) is 18.1. The van der Waals surface area contributed by atoms with Crippen LogP contribution in [0.2, 0.25) is 0 Å². The van der Waals surface area contributed by atoms with E-state index in [0.717, 1.165) is 19.3 Å². The van der Waals surface area contributed by atoms with Gasteiger partial charge in [-0.2, -0.15) is 0 Å². The van der Waals surface area contributed by atoms with Crippen molar-refractivity contribution in [2.24, 2.45) is 5.92 Å². The van der Waals surface area contributed by atoms with Crippen LogP contribution < -0.4 is 5.32 Å². The number of nitrogens with zero attached hydrogens (tertiary/aromatic N) is 1. The SMILES string of the molecule is CS(=O)(=O)N1CCCC(C(=O)NCCC(c2ccccc2)c2ccccc2)C1. The quantitative estimate of drug-likeness (QED) is 0.777. The Morgan fingerprint density at radius 3 is 2.18 bits per heavy atom. The molecule has 0 spiro atoms. The highest BCUT2D eigenvalue weighted by molar-refractivity contribution is 7.88. The van der Waals surface area contributed by atoms with Gasteiger partial charge in [-0.1, -0.05) is 60.7 Å². The molecule has 1 saturated heterocycles. The van der Waals surface area contributed by atoms with Crippen LogP contribution in [-0.2, 0) is 14.8 Å². The van der Waals surface area contributed by atoms with E-state index in [1.807, 2.05) is 36.4 Å². The van der Waals surface area contributed by atoms with Gasteiger partial charge in [0.2, 0.25) is 15.9 Å². The van der Waals surface area contributed by atoms with E-state index in [2.05, 4.69) is 29.6 Å². The first-order valence-corrected chi connectivity index (χ1v) is 11.6. The molecule has 0 aromatic heterocycles. The zero-order valence-corrected chi connectivity index (χ0v) is 17.1. The highest BCUT2D eigenvalue weighted by Gasteiger charge is 2.30. The number of amides is 1. The van der Waals surface area contributed by atoms with Crippen molar-refractivity contribution in [1.29, 1.82) is 0 Å². The minimum Gasteiger partial charge on any atom is -0.356 e. The molecular formula is C22H28N2O3S. The minimum atomic E-state index is -3.24. The standard InChI is InChI=1S/C22H28N2O3S/c1-28(26,27)24-16-8-13-20(17-24)22(25)23-15-14-21(18-9-4-2-5-10-18)19-11-6-3-7-12-19/h2-7,9-12,20-21H,8,13-17H2,1H3,(H,23,25). The fourth-order valence-electron chi connectivity index (χ4n) is 3.84. The highest BCUT2D eigenvalue weighted by Crippen LogP contribution is 2.27. The monoisotopic (exact) mass is 400 g/mol. The van der Waals surface area contributed by atoms with Gasteiger partial charge in [0.25, 0.3) is 0 Å². The Labute approximate surface area is 167 Å². The van der Waals surface area contributed by atoms with Crippen LogP contribution in [0, 0.1) is 5.92 Å². The average molecular weight is 401 g/mol. The van der Waals surface area contributed by atoms with Crippen LogP contribution in [-0.4, -0.2) is 44.5 Å². The Morgan fingerprint density at radius 1 is 1.07 bits per heavy atom. The van der Waals surface area contributed by atoms with Gasteiger partial charge in [-0.15, -0.1) is 0 Å². The van der Waals surface area contributed by atoms with Crippen LogP contribution in [0.1, 0.15) is 36.3 Å². The summed E-state index contributed by atoms with van der Waals surface area (Å²) in [4.78, 5) is 12.6. The number of rotatable bonds is 7. The summed E-state index contributed by atoms with van der Waals surface area (Å²) in [7, 11) is -3.24. The summed E-state index contributed by atoms with van der Waals surface area (Å²) in [6.07, 6.45) is 3.46. The lowest BCUT2D eigenvalue weighted by atomic mass is 9.88. The highest BCUT2D eigenvalue weighted by atomic mass is 32.2. The molecule has 6 heteroatoms. The molecule has 1 amide bonds. The van der Waals surface area contributed by atoms with Gasteiger partial charge in [0.1, 0.15) is 0 Å². The number of carbonyl (C=O) groups excluding carboxylic acids is 1. The van der Waals surface area contributed by atoms with Gasteiger partial charge in [0.15, 0.2) is 0 Å². The van der Waals surface area contributed by atoms with Crippen LogP contribution in [0.3, 0.4) is 0 Å². The molecule has 0 radical (unpaired) electrons. The molecule has 5 nitrogen and oxygen atoms in total. The predicted molar refractivity (Wildman–Crippen MR) is 111 cm³/mol. The summed E-state index contributed by atoms with van der Waals surface area (Å²) in [6, 6.07) is 20.6. The summed E-state index contributed by atoms with van der Waals surface area (Å²) in [5.41, 5.74) is 2.45. The Bertz CT molecular complexity index is 830. The van der Waals surface area contributed by atoms with E-state index in [-0.39, 0.29) is 24.3 Å². The van der Waals surface area contributed by atoms with Crippen molar-refractivity contribution in [2.45, 2.75) is 25.2 Å². The molecule has 0 bridgehead atoms. The maximum atomic E-state index is 12.6. The van der Waals surface area contributed by atoms with E-state index in [1.54, 1.807) is 0 Å². The predicted octanol–water partition coefficient (Wildman–Crippen LogP) is 3.00. The molecule has 1 aliphatic rings. The van der Waals surface area contributed by atoms with E-state index in [9.17, 15) is 13.2 Å². The maximum Gasteiger partial charge on any atom is 0.224 e. The van der Waals surface area contributed by atoms with Gasteiger partial charge in [-0.3, -0.25) is 4.79 Å². The van der Waals surface area contributed by atoms with Crippen molar-refractivity contribution >= 4 is 15.9 Å². The van der Waals surface area contributed by atoms with Crippen LogP contribution in [0.15, 0.2) is 60.7 Å². The molecule has 1 N–H and O–H groups in total. The molecule has 1 unspecified atom stereocenters. The molecule has 1 atom stereocenters. The summed E-state index contributed by atoms with van der Waals surface area (Å²) >= 11 is 0. The second kappa shape index (κ2) is 9.34. The first-order valence-electron chi connectivity index (χ1n) is 9.78. The van der Waals surface area contributed by atoms with Crippen LogP contribution >= 0.6 is 0 Å². The third-order valence-electron chi connectivity index (χ3n) is 5.36. The van der Waals surface area contributed by atoms with Crippen LogP contribution in [0.4, 0.5) is 0 Å². The minimum absolute atomic E-state index is 0.0479. The topological polar surface area (TPSA) is 66.5 Å². The lowest BCUT2D eigenvalue weighted by Gasteiger charge is -2.30. The van der Waals surface area contributed by atoms with Crippen molar-refractivity contribution in [2.75, 3.05) is 25.9 Å². The summed E-state index contributed by atoms with van der Waals surface area (Å²) < 4.78 is 24.9. The maximum absolute atomic E-state index is 12.6. The third kappa shape index (κ3) is 5.42. The Kier molecular flexibility index (Phi) is 6.86. The number of hydrogen-bond acceptors (Lipinski definition) is 3. The number of piperidine rings is 1. The number of benzene rings is 2. The van der Waals surface area contributed by atoms with Gasteiger partial charge < -0.3 is 5.32 Å². The molecule has 0 aliphatic carbocycles. The van der Waals surface area contributed by atoms with E-state index < -0.39 is 10.0 Å². The van der Waals surface area contributed by atoms with E-state index in [1.165, 1.54) is 21.7 Å². The second-order valence-corrected chi connectivity index (χ2v) is 9.40. The molecule has 0 saturated carbocycles. The number of carbonyl (C=O) groups is 1. The largest absolute Gasteiger partial charge is 0.356 e. The number of nitrogens with one attached hydrogen (secondary N) is 1. The molecule has 1 fully saturated rings. The van der Waals surface area contributed by atoms with Crippen molar-refractivity contribution in [3.05, 3.63) is 71.8 Å². The Hall–Kier alpha value is -2.18. The van der Waals surface area contributed by atoms with Crippen molar-refractivity contribution in [3.8, 4) is 0 Å².